The predicted molar refractivity (Wildman–Crippen MR) is 162 cm³/mol. The number of carbonyl (C=O) groups excluding carboxylic acids is 2. The van der Waals surface area contributed by atoms with E-state index < -0.39 is 0 Å². The van der Waals surface area contributed by atoms with Crippen LogP contribution in [0.4, 0.5) is 0 Å². The molecule has 0 saturated carbocycles. The number of hydrogen-bond acceptors (Lipinski definition) is 7. The van der Waals surface area contributed by atoms with Gasteiger partial charge in [0.05, 0.1) is 31.1 Å². The predicted octanol–water partition coefficient (Wildman–Crippen LogP) is 3.27. The average molecular weight is 571 g/mol. The van der Waals surface area contributed by atoms with Crippen LogP contribution in [0.1, 0.15) is 46.2 Å². The van der Waals surface area contributed by atoms with Crippen molar-refractivity contribution in [3.63, 3.8) is 0 Å². The molecule has 9 nitrogen and oxygen atoms in total. The molecule has 2 amide bonds. The van der Waals surface area contributed by atoms with Crippen LogP contribution in [0.2, 0.25) is 0 Å². The molecule has 0 atom stereocenters. The molecule has 3 aromatic rings. The van der Waals surface area contributed by atoms with E-state index in [0.717, 1.165) is 58.1 Å². The molecule has 0 radical (unpaired) electrons. The summed E-state index contributed by atoms with van der Waals surface area (Å²) >= 11 is 0. The number of hydrogen-bond donors (Lipinski definition) is 0. The molecule has 222 valence electrons. The first-order chi connectivity index (χ1) is 20.6. The maximum atomic E-state index is 13.4. The van der Waals surface area contributed by atoms with Gasteiger partial charge in [-0.15, -0.1) is 0 Å². The molecule has 0 spiro atoms. The highest BCUT2D eigenvalue weighted by Crippen LogP contribution is 2.29. The number of piperazine rings is 1. The highest BCUT2D eigenvalue weighted by Gasteiger charge is 2.28. The molecular formula is C33H42N6O3. The zero-order valence-electron chi connectivity index (χ0n) is 24.6. The van der Waals surface area contributed by atoms with Crippen molar-refractivity contribution in [2.45, 2.75) is 25.8 Å². The molecule has 2 saturated heterocycles. The van der Waals surface area contributed by atoms with Gasteiger partial charge in [-0.05, 0) is 24.5 Å². The Morgan fingerprint density at radius 1 is 0.833 bits per heavy atom. The number of benzene rings is 2. The third kappa shape index (κ3) is 8.00. The Balaban J connectivity index is 1.18. The minimum Gasteiger partial charge on any atom is -0.379 e. The van der Waals surface area contributed by atoms with Crippen molar-refractivity contribution < 1.29 is 14.3 Å². The third-order valence-electron chi connectivity index (χ3n) is 8.15. The van der Waals surface area contributed by atoms with E-state index in [1.807, 2.05) is 24.0 Å². The smallest absolute Gasteiger partial charge is 0.274 e. The van der Waals surface area contributed by atoms with Gasteiger partial charge in [-0.1, -0.05) is 60.7 Å². The zero-order chi connectivity index (χ0) is 29.1. The van der Waals surface area contributed by atoms with Crippen LogP contribution in [0.5, 0.6) is 0 Å². The van der Waals surface area contributed by atoms with Crippen molar-refractivity contribution in [3.8, 4) is 0 Å². The fourth-order valence-electron chi connectivity index (χ4n) is 5.79. The lowest BCUT2D eigenvalue weighted by Crippen LogP contribution is -2.50. The topological polar surface area (TPSA) is 82.1 Å². The molecule has 2 aliphatic heterocycles. The van der Waals surface area contributed by atoms with Crippen molar-refractivity contribution >= 4 is 11.8 Å². The monoisotopic (exact) mass is 570 g/mol. The molecule has 0 aliphatic carbocycles. The SMILES string of the molecule is Cc1cnc(C(=O)N(CCCN2CCOCC2)CCC(=O)N2CCN(C(c3ccccc3)c3ccccc3)CC2)cn1. The van der Waals surface area contributed by atoms with E-state index in [-0.39, 0.29) is 17.9 Å². The Hall–Kier alpha value is -3.66. The van der Waals surface area contributed by atoms with Gasteiger partial charge < -0.3 is 14.5 Å². The van der Waals surface area contributed by atoms with Crippen molar-refractivity contribution in [3.05, 3.63) is 95.6 Å². The lowest BCUT2D eigenvalue weighted by Gasteiger charge is -2.40. The molecular weight excluding hydrogens is 528 g/mol. The third-order valence-corrected chi connectivity index (χ3v) is 8.15. The summed E-state index contributed by atoms with van der Waals surface area (Å²) in [5, 5.41) is 0. The molecule has 0 N–H and O–H groups in total. The summed E-state index contributed by atoms with van der Waals surface area (Å²) in [6.07, 6.45) is 4.27. The summed E-state index contributed by atoms with van der Waals surface area (Å²) < 4.78 is 5.45. The number of ether oxygens (including phenoxy) is 1. The van der Waals surface area contributed by atoms with Gasteiger partial charge >= 0.3 is 0 Å². The van der Waals surface area contributed by atoms with Crippen molar-refractivity contribution in [2.75, 3.05) is 72.1 Å². The van der Waals surface area contributed by atoms with Crippen molar-refractivity contribution in [2.24, 2.45) is 0 Å². The number of amides is 2. The van der Waals surface area contributed by atoms with Crippen LogP contribution in [-0.4, -0.2) is 113 Å². The Kier molecular flexibility index (Phi) is 10.6. The minimum absolute atomic E-state index is 0.0894. The molecule has 1 aromatic heterocycles. The zero-order valence-corrected chi connectivity index (χ0v) is 24.6. The quantitative estimate of drug-likeness (QED) is 0.350. The van der Waals surface area contributed by atoms with Gasteiger partial charge in [0, 0.05) is 71.5 Å². The van der Waals surface area contributed by atoms with E-state index in [4.69, 9.17) is 4.74 Å². The fraction of sp³-hybridized carbons (Fsp3) is 0.455. The Bertz CT molecular complexity index is 1220. The van der Waals surface area contributed by atoms with E-state index in [2.05, 4.69) is 68.3 Å². The Labute approximate surface area is 249 Å². The van der Waals surface area contributed by atoms with Gasteiger partial charge in [0.1, 0.15) is 5.69 Å². The number of nitrogens with zero attached hydrogens (tertiary/aromatic N) is 6. The second-order valence-corrected chi connectivity index (χ2v) is 11.0. The molecule has 0 bridgehead atoms. The van der Waals surface area contributed by atoms with Crippen molar-refractivity contribution in [1.29, 1.82) is 0 Å². The number of aryl methyl sites for hydroxylation is 1. The fourth-order valence-corrected chi connectivity index (χ4v) is 5.79. The summed E-state index contributed by atoms with van der Waals surface area (Å²) in [5.74, 6) is -0.0812. The average Bonchev–Trinajstić information content (AvgIpc) is 3.04. The first-order valence-electron chi connectivity index (χ1n) is 15.1. The van der Waals surface area contributed by atoms with E-state index >= 15 is 0 Å². The van der Waals surface area contributed by atoms with Crippen LogP contribution in [-0.2, 0) is 9.53 Å². The number of aromatic nitrogens is 2. The second kappa shape index (κ2) is 15.0. The van der Waals surface area contributed by atoms with Crippen LogP contribution in [0.3, 0.4) is 0 Å². The van der Waals surface area contributed by atoms with E-state index in [9.17, 15) is 9.59 Å². The first kappa shape index (κ1) is 29.8. The molecule has 0 unspecified atom stereocenters. The summed E-state index contributed by atoms with van der Waals surface area (Å²) in [5.41, 5.74) is 3.60. The van der Waals surface area contributed by atoms with Gasteiger partial charge in [-0.2, -0.15) is 0 Å². The van der Waals surface area contributed by atoms with Gasteiger partial charge in [-0.3, -0.25) is 24.4 Å². The summed E-state index contributed by atoms with van der Waals surface area (Å²) in [4.78, 5) is 43.8. The van der Waals surface area contributed by atoms with Gasteiger partial charge in [0.2, 0.25) is 5.91 Å². The van der Waals surface area contributed by atoms with Crippen LogP contribution < -0.4 is 0 Å². The number of morpholine rings is 1. The molecule has 2 aliphatic rings. The Morgan fingerprint density at radius 3 is 2.07 bits per heavy atom. The maximum Gasteiger partial charge on any atom is 0.274 e. The van der Waals surface area contributed by atoms with Crippen LogP contribution in [0.15, 0.2) is 73.1 Å². The Morgan fingerprint density at radius 2 is 1.48 bits per heavy atom. The molecule has 9 heteroatoms. The molecule has 3 heterocycles. The van der Waals surface area contributed by atoms with E-state index in [1.165, 1.54) is 17.3 Å². The number of rotatable bonds is 11. The summed E-state index contributed by atoms with van der Waals surface area (Å²) in [6.45, 7) is 9.94. The molecule has 42 heavy (non-hydrogen) atoms. The molecule has 2 fully saturated rings. The maximum absolute atomic E-state index is 13.4. The normalized spacial score (nSPS) is 16.5. The highest BCUT2D eigenvalue weighted by molar-refractivity contribution is 5.92. The van der Waals surface area contributed by atoms with Gasteiger partial charge in [-0.25, -0.2) is 4.98 Å². The standard InChI is InChI=1S/C33H42N6O3/c1-27-25-35-30(26-34-27)33(41)39(15-8-14-36-21-23-42-24-22-36)16-13-31(40)37-17-19-38(20-18-37)32(28-9-4-2-5-10-28)29-11-6-3-7-12-29/h2-7,9-12,25-26,32H,8,13-24H2,1H3. The van der Waals surface area contributed by atoms with E-state index in [0.29, 0.717) is 38.3 Å². The summed E-state index contributed by atoms with van der Waals surface area (Å²) in [6, 6.07) is 21.3. The number of carbonyl (C=O) groups is 2. The van der Waals surface area contributed by atoms with Gasteiger partial charge in [0.15, 0.2) is 0 Å². The lowest BCUT2D eigenvalue weighted by molar-refractivity contribution is -0.133. The molecule has 2 aromatic carbocycles. The lowest BCUT2D eigenvalue weighted by atomic mass is 9.96. The first-order valence-corrected chi connectivity index (χ1v) is 15.1. The van der Waals surface area contributed by atoms with Crippen LogP contribution >= 0.6 is 0 Å². The van der Waals surface area contributed by atoms with E-state index in [1.54, 1.807) is 11.1 Å². The summed E-state index contributed by atoms with van der Waals surface area (Å²) in [7, 11) is 0. The van der Waals surface area contributed by atoms with Crippen LogP contribution in [0, 0.1) is 6.92 Å². The highest BCUT2D eigenvalue weighted by atomic mass is 16.5. The minimum atomic E-state index is -0.171. The molecule has 5 rings (SSSR count). The van der Waals surface area contributed by atoms with Crippen molar-refractivity contribution in [1.82, 2.24) is 29.6 Å². The largest absolute Gasteiger partial charge is 0.379 e. The second-order valence-electron chi connectivity index (χ2n) is 11.0. The van der Waals surface area contributed by atoms with Crippen LogP contribution in [0.25, 0.3) is 0 Å². The van der Waals surface area contributed by atoms with Gasteiger partial charge in [0.25, 0.3) is 5.91 Å².